The fourth-order valence-electron chi connectivity index (χ4n) is 7.75. The van der Waals surface area contributed by atoms with E-state index in [9.17, 15) is 9.59 Å². The summed E-state index contributed by atoms with van der Waals surface area (Å²) in [6, 6.07) is 10.1. The van der Waals surface area contributed by atoms with Crippen LogP contribution in [0.25, 0.3) is 33.6 Å². The molecule has 0 spiro atoms. The van der Waals surface area contributed by atoms with E-state index in [2.05, 4.69) is 31.6 Å². The number of benzene rings is 1. The Morgan fingerprint density at radius 3 is 2.83 bits per heavy atom. The molecule has 1 N–H and O–H groups in total. The van der Waals surface area contributed by atoms with Gasteiger partial charge >= 0.3 is 0 Å². The van der Waals surface area contributed by atoms with Crippen LogP contribution in [-0.2, 0) is 18.4 Å². The van der Waals surface area contributed by atoms with Gasteiger partial charge in [0.05, 0.1) is 30.4 Å². The Balaban J connectivity index is 1.18. The molecule has 1 aliphatic heterocycles. The van der Waals surface area contributed by atoms with Gasteiger partial charge in [0.15, 0.2) is 5.82 Å². The molecule has 9 nitrogen and oxygen atoms in total. The van der Waals surface area contributed by atoms with Gasteiger partial charge in [-0.05, 0) is 73.3 Å². The van der Waals surface area contributed by atoms with E-state index >= 15 is 0 Å². The van der Waals surface area contributed by atoms with Crippen molar-refractivity contribution in [3.05, 3.63) is 42.1 Å². The molecule has 3 aromatic heterocycles. The fourth-order valence-corrected chi connectivity index (χ4v) is 7.75. The van der Waals surface area contributed by atoms with Crippen molar-refractivity contribution in [3.63, 3.8) is 0 Å². The second-order valence-electron chi connectivity index (χ2n) is 12.2. The van der Waals surface area contributed by atoms with Crippen molar-refractivity contribution < 1.29 is 14.3 Å². The zero-order valence-corrected chi connectivity index (χ0v) is 23.1. The highest BCUT2D eigenvalue weighted by Crippen LogP contribution is 2.61. The van der Waals surface area contributed by atoms with E-state index in [1.165, 1.54) is 12.8 Å². The number of amides is 2. The molecular weight excluding hydrogens is 504 g/mol. The lowest BCUT2D eigenvalue weighted by Gasteiger charge is -2.59. The summed E-state index contributed by atoms with van der Waals surface area (Å²) in [5.41, 5.74) is 4.19. The van der Waals surface area contributed by atoms with E-state index in [4.69, 9.17) is 9.72 Å². The third-order valence-corrected chi connectivity index (χ3v) is 9.96. The molecule has 0 bridgehead atoms. The highest BCUT2D eigenvalue weighted by molar-refractivity contribution is 6.00. The molecule has 3 aliphatic carbocycles. The molecule has 4 aromatic rings. The minimum absolute atomic E-state index is 0.00644. The number of fused-ring (bicyclic) bond motifs is 2. The van der Waals surface area contributed by atoms with Crippen LogP contribution in [0.1, 0.15) is 43.0 Å². The van der Waals surface area contributed by atoms with Crippen LogP contribution in [0.5, 0.6) is 5.75 Å². The molecule has 4 heterocycles. The Hall–Kier alpha value is -3.88. The molecule has 1 aromatic carbocycles. The van der Waals surface area contributed by atoms with Gasteiger partial charge in [0.25, 0.3) is 5.91 Å². The molecule has 4 fully saturated rings. The molecule has 4 aliphatic rings. The zero-order valence-electron chi connectivity index (χ0n) is 23.1. The predicted molar refractivity (Wildman–Crippen MR) is 151 cm³/mol. The van der Waals surface area contributed by atoms with Crippen molar-refractivity contribution in [1.82, 2.24) is 29.3 Å². The van der Waals surface area contributed by atoms with Crippen LogP contribution >= 0.6 is 0 Å². The van der Waals surface area contributed by atoms with E-state index < -0.39 is 0 Å². The first-order chi connectivity index (χ1) is 19.5. The Kier molecular flexibility index (Phi) is 5.13. The maximum absolute atomic E-state index is 14.0. The first-order valence-electron chi connectivity index (χ1n) is 14.6. The first kappa shape index (κ1) is 24.0. The largest absolute Gasteiger partial charge is 0.494 e. The SMILES string of the molecule is CCC(=O)N[C@H]1C2C[C@@H]3CN(C(=O)c4cc(OC)c5c(c4)nc(-c4cc6cccnc6n4CC4CC4)n5C)[C@H]1[C@H]23. The highest BCUT2D eigenvalue weighted by atomic mass is 16.5. The number of nitrogens with one attached hydrogen (secondary N) is 1. The van der Waals surface area contributed by atoms with Crippen molar-refractivity contribution >= 4 is 33.9 Å². The Bertz CT molecular complexity index is 1700. The van der Waals surface area contributed by atoms with E-state index in [0.717, 1.165) is 53.1 Å². The van der Waals surface area contributed by atoms with Crippen LogP contribution in [0.2, 0.25) is 0 Å². The van der Waals surface area contributed by atoms with Gasteiger partial charge in [-0.15, -0.1) is 0 Å². The number of nitrogens with zero attached hydrogens (tertiary/aromatic N) is 5. The summed E-state index contributed by atoms with van der Waals surface area (Å²) in [4.78, 5) is 38.0. The number of imidazole rings is 1. The summed E-state index contributed by atoms with van der Waals surface area (Å²) in [6.45, 7) is 3.55. The third-order valence-electron chi connectivity index (χ3n) is 9.96. The number of pyridine rings is 1. The first-order valence-corrected chi connectivity index (χ1v) is 14.6. The Labute approximate surface area is 232 Å². The molecule has 0 radical (unpaired) electrons. The molecule has 2 amide bonds. The van der Waals surface area contributed by atoms with Crippen molar-refractivity contribution in [1.29, 1.82) is 0 Å². The number of ether oxygens (including phenoxy) is 1. The molecule has 5 atom stereocenters. The second-order valence-corrected chi connectivity index (χ2v) is 12.2. The van der Waals surface area contributed by atoms with Gasteiger partial charge in [-0.1, -0.05) is 6.92 Å². The zero-order chi connectivity index (χ0) is 27.3. The van der Waals surface area contributed by atoms with Gasteiger partial charge in [-0.25, -0.2) is 9.97 Å². The number of hydrogen-bond donors (Lipinski definition) is 1. The molecule has 3 saturated carbocycles. The maximum atomic E-state index is 14.0. The van der Waals surface area contributed by atoms with Gasteiger partial charge in [-0.3, -0.25) is 9.59 Å². The average molecular weight is 539 g/mol. The molecule has 9 heteroatoms. The lowest BCUT2D eigenvalue weighted by molar-refractivity contribution is -0.128. The van der Waals surface area contributed by atoms with E-state index in [0.29, 0.717) is 41.4 Å². The summed E-state index contributed by atoms with van der Waals surface area (Å²) in [5.74, 6) is 3.77. The molecule has 40 heavy (non-hydrogen) atoms. The van der Waals surface area contributed by atoms with Crippen LogP contribution in [0.4, 0.5) is 0 Å². The smallest absolute Gasteiger partial charge is 0.254 e. The van der Waals surface area contributed by atoms with Crippen LogP contribution < -0.4 is 10.1 Å². The van der Waals surface area contributed by atoms with Gasteiger partial charge < -0.3 is 24.1 Å². The summed E-state index contributed by atoms with van der Waals surface area (Å²) in [7, 11) is 3.65. The van der Waals surface area contributed by atoms with Crippen molar-refractivity contribution in [2.24, 2.45) is 30.7 Å². The topological polar surface area (TPSA) is 94.3 Å². The molecule has 8 rings (SSSR count). The number of likely N-dealkylation sites (tertiary alicyclic amines) is 1. The lowest BCUT2D eigenvalue weighted by Crippen LogP contribution is -2.70. The number of carbonyl (C=O) groups excluding carboxylic acids is 2. The number of hydrogen-bond acceptors (Lipinski definition) is 5. The van der Waals surface area contributed by atoms with Crippen LogP contribution in [0.3, 0.4) is 0 Å². The molecule has 206 valence electrons. The molecule has 1 saturated heterocycles. The summed E-state index contributed by atoms with van der Waals surface area (Å²) >= 11 is 0. The normalized spacial score (nSPS) is 26.5. The van der Waals surface area contributed by atoms with Gasteiger partial charge in [-0.2, -0.15) is 0 Å². The number of rotatable bonds is 7. The fraction of sp³-hybridized carbons (Fsp3) is 0.484. The lowest BCUT2D eigenvalue weighted by atomic mass is 9.50. The summed E-state index contributed by atoms with van der Waals surface area (Å²) in [5, 5.41) is 4.29. The summed E-state index contributed by atoms with van der Waals surface area (Å²) < 4.78 is 10.2. The van der Waals surface area contributed by atoms with Crippen LogP contribution in [0, 0.1) is 23.7 Å². The molecule has 1 unspecified atom stereocenters. The number of aryl methyl sites for hydroxylation is 1. The minimum atomic E-state index is -0.00644. The van der Waals surface area contributed by atoms with Gasteiger partial charge in [0, 0.05) is 43.7 Å². The molecular formula is C31H34N6O3. The number of aromatic nitrogens is 4. The van der Waals surface area contributed by atoms with Crippen molar-refractivity contribution in [2.45, 2.75) is 51.2 Å². The average Bonchev–Trinajstić information content (AvgIpc) is 3.60. The standard InChI is InChI=1S/C31H34N6O3/c1-4-24(38)34-26-20-10-19-15-37(28(26)25(19)20)31(39)18-11-21-27(23(13-18)40-3)35(2)30(33-21)22-12-17-6-5-9-32-29(17)36(22)14-16-7-8-16/h5-6,9,11-13,16,19-20,25-26,28H,4,7-8,10,14-15H2,1-3H3,(H,34,38)/t19-,20?,25+,26+,28+/m1/s1. The quantitative estimate of drug-likeness (QED) is 0.384. The van der Waals surface area contributed by atoms with Crippen LogP contribution in [0.15, 0.2) is 36.5 Å². The van der Waals surface area contributed by atoms with Crippen molar-refractivity contribution in [2.75, 3.05) is 13.7 Å². The van der Waals surface area contributed by atoms with E-state index in [1.54, 1.807) is 7.11 Å². The summed E-state index contributed by atoms with van der Waals surface area (Å²) in [6.07, 6.45) is 5.89. The number of carbonyl (C=O) groups is 2. The van der Waals surface area contributed by atoms with E-state index in [1.807, 2.05) is 43.3 Å². The highest BCUT2D eigenvalue weighted by Gasteiger charge is 2.68. The predicted octanol–water partition coefficient (Wildman–Crippen LogP) is 3.99. The number of methoxy groups -OCH3 is 1. The van der Waals surface area contributed by atoms with Gasteiger partial charge in [0.1, 0.15) is 16.9 Å². The van der Waals surface area contributed by atoms with Crippen molar-refractivity contribution in [3.8, 4) is 17.3 Å². The van der Waals surface area contributed by atoms with Crippen LogP contribution in [-0.4, -0.2) is 61.6 Å². The Morgan fingerprint density at radius 1 is 1.20 bits per heavy atom. The van der Waals surface area contributed by atoms with Gasteiger partial charge in [0.2, 0.25) is 5.91 Å². The minimum Gasteiger partial charge on any atom is -0.494 e. The monoisotopic (exact) mass is 538 g/mol. The van der Waals surface area contributed by atoms with E-state index in [-0.39, 0.29) is 23.9 Å². The third kappa shape index (κ3) is 3.32. The Morgan fingerprint density at radius 2 is 2.05 bits per heavy atom. The maximum Gasteiger partial charge on any atom is 0.254 e. The second kappa shape index (κ2) is 8.56.